The monoisotopic (exact) mass is 374 g/mol. The van der Waals surface area contributed by atoms with Gasteiger partial charge in [0.2, 0.25) is 11.9 Å². The molecule has 1 aromatic rings. The van der Waals surface area contributed by atoms with E-state index in [9.17, 15) is 9.59 Å². The molecule has 3 amide bonds. The molecule has 0 aliphatic carbocycles. The van der Waals surface area contributed by atoms with Crippen molar-refractivity contribution in [1.29, 1.82) is 0 Å². The van der Waals surface area contributed by atoms with Crippen LogP contribution >= 0.6 is 0 Å². The van der Waals surface area contributed by atoms with Crippen LogP contribution in [0.2, 0.25) is 0 Å². The van der Waals surface area contributed by atoms with Gasteiger partial charge in [0.15, 0.2) is 0 Å². The fraction of sp³-hybridized carbons (Fsp3) is 0.684. The van der Waals surface area contributed by atoms with Crippen molar-refractivity contribution in [2.24, 2.45) is 10.9 Å². The highest BCUT2D eigenvalue weighted by Crippen LogP contribution is 2.30. The van der Waals surface area contributed by atoms with Gasteiger partial charge in [0.05, 0.1) is 12.6 Å². The SMILES string of the molecule is Cc1c[n+]2c(n1CC1CCCO1)N=C1C2C(=O)N(CCC(C)C)C(=O)N1C. The van der Waals surface area contributed by atoms with Crippen LogP contribution in [0.3, 0.4) is 0 Å². The minimum atomic E-state index is -0.556. The van der Waals surface area contributed by atoms with Gasteiger partial charge in [-0.1, -0.05) is 18.8 Å². The molecule has 8 heteroatoms. The highest BCUT2D eigenvalue weighted by Gasteiger charge is 2.53. The molecule has 2 unspecified atom stereocenters. The number of imidazole rings is 1. The molecular weight excluding hydrogens is 346 g/mol. The van der Waals surface area contributed by atoms with Crippen LogP contribution in [0.25, 0.3) is 0 Å². The largest absolute Gasteiger partial charge is 0.402 e. The summed E-state index contributed by atoms with van der Waals surface area (Å²) >= 11 is 0. The van der Waals surface area contributed by atoms with Crippen LogP contribution in [0.4, 0.5) is 10.7 Å². The van der Waals surface area contributed by atoms with Crippen molar-refractivity contribution in [3.8, 4) is 0 Å². The van der Waals surface area contributed by atoms with Gasteiger partial charge >= 0.3 is 12.0 Å². The Morgan fingerprint density at radius 1 is 1.37 bits per heavy atom. The normalized spacial score (nSPS) is 24.7. The van der Waals surface area contributed by atoms with Crippen molar-refractivity contribution in [3.63, 3.8) is 0 Å². The topological polar surface area (TPSA) is 71.0 Å². The second-order valence-corrected chi connectivity index (χ2v) is 8.11. The highest BCUT2D eigenvalue weighted by molar-refractivity contribution is 6.19. The number of amides is 3. The molecule has 1 aromatic heterocycles. The van der Waals surface area contributed by atoms with Gasteiger partial charge < -0.3 is 4.74 Å². The number of likely N-dealkylation sites (N-methyl/N-ethyl adjacent to an activating group) is 1. The lowest BCUT2D eigenvalue weighted by atomic mass is 10.1. The van der Waals surface area contributed by atoms with E-state index < -0.39 is 6.04 Å². The van der Waals surface area contributed by atoms with Crippen molar-refractivity contribution in [1.82, 2.24) is 14.4 Å². The molecule has 2 fully saturated rings. The smallest absolute Gasteiger partial charge is 0.375 e. The van der Waals surface area contributed by atoms with Crippen LogP contribution in [-0.4, -0.2) is 58.4 Å². The Morgan fingerprint density at radius 2 is 2.15 bits per heavy atom. The van der Waals surface area contributed by atoms with E-state index >= 15 is 0 Å². The third-order valence-corrected chi connectivity index (χ3v) is 5.66. The van der Waals surface area contributed by atoms with Crippen LogP contribution < -0.4 is 4.57 Å². The molecule has 4 rings (SSSR count). The average molecular weight is 374 g/mol. The Morgan fingerprint density at radius 3 is 2.81 bits per heavy atom. The second kappa shape index (κ2) is 6.74. The first kappa shape index (κ1) is 18.2. The number of aromatic nitrogens is 2. The number of fused-ring (bicyclic) bond motifs is 3. The van der Waals surface area contributed by atoms with Gasteiger partial charge in [0.1, 0.15) is 11.9 Å². The molecule has 0 radical (unpaired) electrons. The summed E-state index contributed by atoms with van der Waals surface area (Å²) in [5.41, 5.74) is 1.05. The molecule has 8 nitrogen and oxygen atoms in total. The molecular formula is C19H28N5O3+. The number of hydrogen-bond acceptors (Lipinski definition) is 4. The number of aryl methyl sites for hydroxylation is 1. The van der Waals surface area contributed by atoms with E-state index in [1.807, 2.05) is 17.7 Å². The van der Waals surface area contributed by atoms with E-state index in [1.54, 1.807) is 7.05 Å². The second-order valence-electron chi connectivity index (χ2n) is 8.11. The van der Waals surface area contributed by atoms with Crippen LogP contribution in [0, 0.1) is 12.8 Å². The molecule has 146 valence electrons. The summed E-state index contributed by atoms with van der Waals surface area (Å²) in [5.74, 6) is 1.48. The predicted octanol–water partition coefficient (Wildman–Crippen LogP) is 1.79. The van der Waals surface area contributed by atoms with Crippen molar-refractivity contribution in [2.45, 2.75) is 58.7 Å². The maximum Gasteiger partial charge on any atom is 0.402 e. The Hall–Kier alpha value is -2.22. The zero-order chi connectivity index (χ0) is 19.3. The van der Waals surface area contributed by atoms with Crippen LogP contribution in [0.5, 0.6) is 0 Å². The van der Waals surface area contributed by atoms with Crippen LogP contribution in [0.15, 0.2) is 11.2 Å². The molecule has 3 aliphatic rings. The molecule has 27 heavy (non-hydrogen) atoms. The summed E-state index contributed by atoms with van der Waals surface area (Å²) < 4.78 is 9.78. The number of hydrogen-bond donors (Lipinski definition) is 0. The van der Waals surface area contributed by atoms with E-state index in [-0.39, 0.29) is 18.0 Å². The number of carbonyl (C=O) groups excluding carboxylic acids is 2. The zero-order valence-corrected chi connectivity index (χ0v) is 16.5. The van der Waals surface area contributed by atoms with Crippen molar-refractivity contribution in [3.05, 3.63) is 11.9 Å². The molecule has 3 aliphatic heterocycles. The number of nitrogens with zero attached hydrogens (tertiary/aromatic N) is 5. The van der Waals surface area contributed by atoms with E-state index in [0.29, 0.717) is 18.3 Å². The first-order valence-electron chi connectivity index (χ1n) is 9.79. The Kier molecular flexibility index (Phi) is 4.53. The van der Waals surface area contributed by atoms with Crippen molar-refractivity contribution in [2.75, 3.05) is 20.2 Å². The van der Waals surface area contributed by atoms with Crippen LogP contribution in [0.1, 0.15) is 44.8 Å². The lowest BCUT2D eigenvalue weighted by Crippen LogP contribution is -2.62. The molecule has 4 heterocycles. The van der Waals surface area contributed by atoms with E-state index in [0.717, 1.165) is 44.1 Å². The molecule has 0 bridgehead atoms. The number of ether oxygens (including phenoxy) is 1. The number of carbonyl (C=O) groups is 2. The first-order chi connectivity index (χ1) is 12.9. The fourth-order valence-electron chi connectivity index (χ4n) is 4.04. The van der Waals surface area contributed by atoms with Gasteiger partial charge in [-0.2, -0.15) is 0 Å². The number of imide groups is 1. The zero-order valence-electron chi connectivity index (χ0n) is 16.5. The predicted molar refractivity (Wildman–Crippen MR) is 98.8 cm³/mol. The maximum atomic E-state index is 13.1. The van der Waals surface area contributed by atoms with E-state index in [4.69, 9.17) is 9.73 Å². The first-order valence-corrected chi connectivity index (χ1v) is 9.79. The lowest BCUT2D eigenvalue weighted by Gasteiger charge is -2.33. The fourth-order valence-corrected chi connectivity index (χ4v) is 4.04. The quantitative estimate of drug-likeness (QED) is 0.738. The third-order valence-electron chi connectivity index (χ3n) is 5.66. The number of urea groups is 1. The number of amidine groups is 1. The minimum absolute atomic E-state index is 0.182. The summed E-state index contributed by atoms with van der Waals surface area (Å²) in [7, 11) is 1.70. The van der Waals surface area contributed by atoms with Gasteiger partial charge in [-0.05, 0) is 32.1 Å². The van der Waals surface area contributed by atoms with Gasteiger partial charge in [-0.25, -0.2) is 13.9 Å². The summed E-state index contributed by atoms with van der Waals surface area (Å²) in [6.07, 6.45) is 5.06. The van der Waals surface area contributed by atoms with Gasteiger partial charge in [0, 0.05) is 20.2 Å². The molecule has 0 spiro atoms. The molecule has 0 saturated carbocycles. The van der Waals surface area contributed by atoms with E-state index in [1.165, 1.54) is 9.80 Å². The molecule has 2 saturated heterocycles. The molecule has 0 aromatic carbocycles. The van der Waals surface area contributed by atoms with Gasteiger partial charge in [0.25, 0.3) is 5.91 Å². The summed E-state index contributed by atoms with van der Waals surface area (Å²) in [6.45, 7) is 8.17. The summed E-state index contributed by atoms with van der Waals surface area (Å²) in [4.78, 5) is 33.4. The average Bonchev–Trinajstić information content (AvgIpc) is 3.31. The Labute approximate surface area is 159 Å². The Bertz CT molecular complexity index is 807. The number of aliphatic imine (C=N–C) groups is 1. The standard InChI is InChI=1S/C19H28N5O3/c1-12(2)7-8-22-17(25)15-16(21(4)19(22)26)20-18-23(13(3)10-24(15)18)11-14-6-5-9-27-14/h10,12,14-15H,5-9,11H2,1-4H3/q+1. The summed E-state index contributed by atoms with van der Waals surface area (Å²) in [5, 5.41) is 0. The highest BCUT2D eigenvalue weighted by atomic mass is 16.5. The van der Waals surface area contributed by atoms with Crippen molar-refractivity contribution >= 4 is 23.7 Å². The van der Waals surface area contributed by atoms with E-state index in [2.05, 4.69) is 18.4 Å². The third kappa shape index (κ3) is 2.96. The van der Waals surface area contributed by atoms with Gasteiger partial charge in [-0.15, -0.1) is 0 Å². The van der Waals surface area contributed by atoms with Crippen molar-refractivity contribution < 1.29 is 18.9 Å². The minimum Gasteiger partial charge on any atom is -0.375 e. The van der Waals surface area contributed by atoms with Crippen LogP contribution in [-0.2, 0) is 16.1 Å². The molecule has 2 atom stereocenters. The number of rotatable bonds is 5. The Balaban J connectivity index is 1.66. The molecule has 0 N–H and O–H groups in total. The maximum absolute atomic E-state index is 13.1. The lowest BCUT2D eigenvalue weighted by molar-refractivity contribution is -0.677. The van der Waals surface area contributed by atoms with Gasteiger partial charge in [-0.3, -0.25) is 14.6 Å². The summed E-state index contributed by atoms with van der Waals surface area (Å²) in [6, 6.07) is -0.844.